The molecule has 3 aromatic rings. The summed E-state index contributed by atoms with van der Waals surface area (Å²) in [5, 5.41) is 11.4. The van der Waals surface area contributed by atoms with Crippen molar-refractivity contribution in [1.82, 2.24) is 9.55 Å². The highest BCUT2D eigenvalue weighted by molar-refractivity contribution is 7.17. The van der Waals surface area contributed by atoms with Gasteiger partial charge in [-0.15, -0.1) is 22.9 Å². The molecule has 0 radical (unpaired) electrons. The molecule has 4 nitrogen and oxygen atoms in total. The molecule has 0 aliphatic rings. The fraction of sp³-hybridized carbons (Fsp3) is 0.133. The van der Waals surface area contributed by atoms with E-state index in [4.69, 9.17) is 16.9 Å². The van der Waals surface area contributed by atoms with Gasteiger partial charge in [0.05, 0.1) is 17.3 Å². The van der Waals surface area contributed by atoms with Crippen LogP contribution in [-0.4, -0.2) is 9.55 Å². The Morgan fingerprint density at radius 2 is 2.10 bits per heavy atom. The van der Waals surface area contributed by atoms with Crippen LogP contribution in [0, 0.1) is 11.3 Å². The average molecular weight is 316 g/mol. The molecule has 0 bridgehead atoms. The zero-order valence-electron chi connectivity index (χ0n) is 10.9. The van der Waals surface area contributed by atoms with Crippen molar-refractivity contribution in [2.75, 3.05) is 0 Å². The molecule has 2 heterocycles. The summed E-state index contributed by atoms with van der Waals surface area (Å²) in [5.41, 5.74) is 1.60. The summed E-state index contributed by atoms with van der Waals surface area (Å²) < 4.78 is 1.34. The molecule has 0 amide bonds. The van der Waals surface area contributed by atoms with Crippen molar-refractivity contribution in [1.29, 1.82) is 5.26 Å². The predicted molar refractivity (Wildman–Crippen MR) is 84.5 cm³/mol. The molecule has 3 rings (SSSR count). The number of rotatable bonds is 3. The fourth-order valence-corrected chi connectivity index (χ4v) is 3.39. The van der Waals surface area contributed by atoms with Crippen molar-refractivity contribution >= 4 is 33.2 Å². The van der Waals surface area contributed by atoms with Gasteiger partial charge in [0.15, 0.2) is 0 Å². The minimum absolute atomic E-state index is 0.0477. The quantitative estimate of drug-likeness (QED) is 0.696. The van der Waals surface area contributed by atoms with E-state index in [2.05, 4.69) is 4.98 Å². The molecule has 0 aliphatic carbocycles. The molecule has 1 aromatic carbocycles. The number of nitriles is 1. The maximum Gasteiger partial charge on any atom is 0.263 e. The van der Waals surface area contributed by atoms with E-state index in [0.717, 1.165) is 11.1 Å². The Morgan fingerprint density at radius 3 is 2.76 bits per heavy atom. The van der Waals surface area contributed by atoms with E-state index in [1.165, 1.54) is 15.9 Å². The molecule has 0 atom stereocenters. The maximum atomic E-state index is 12.7. The van der Waals surface area contributed by atoms with Crippen LogP contribution in [0.4, 0.5) is 0 Å². The topological polar surface area (TPSA) is 58.7 Å². The SMILES string of the molecule is N#CCn1c(CCl)nc2scc(-c3ccccc3)c2c1=O. The van der Waals surface area contributed by atoms with E-state index < -0.39 is 0 Å². The highest BCUT2D eigenvalue weighted by Gasteiger charge is 2.16. The average Bonchev–Trinajstić information content (AvgIpc) is 2.95. The van der Waals surface area contributed by atoms with Crippen LogP contribution in [0.5, 0.6) is 0 Å². The molecule has 2 aromatic heterocycles. The van der Waals surface area contributed by atoms with E-state index in [1.54, 1.807) is 0 Å². The number of nitrogens with zero attached hydrogens (tertiary/aromatic N) is 3. The van der Waals surface area contributed by atoms with Gasteiger partial charge in [0, 0.05) is 10.9 Å². The molecule has 6 heteroatoms. The van der Waals surface area contributed by atoms with E-state index in [9.17, 15) is 4.79 Å². The van der Waals surface area contributed by atoms with Crippen molar-refractivity contribution < 1.29 is 0 Å². The first-order chi connectivity index (χ1) is 10.3. The molecule has 0 N–H and O–H groups in total. The van der Waals surface area contributed by atoms with Crippen molar-refractivity contribution in [3.8, 4) is 17.2 Å². The largest absolute Gasteiger partial charge is 0.281 e. The van der Waals surface area contributed by atoms with Gasteiger partial charge in [-0.2, -0.15) is 5.26 Å². The standard InChI is InChI=1S/C15H10ClN3OS/c16-8-12-18-14-13(15(20)19(12)7-6-17)11(9-21-14)10-4-2-1-3-5-10/h1-5,9H,7-8H2. The molecule has 0 fully saturated rings. The van der Waals surface area contributed by atoms with Gasteiger partial charge < -0.3 is 0 Å². The Kier molecular flexibility index (Phi) is 3.74. The van der Waals surface area contributed by atoms with Crippen LogP contribution in [0.25, 0.3) is 21.3 Å². The molecule has 0 aliphatic heterocycles. The number of benzene rings is 1. The van der Waals surface area contributed by atoms with Crippen molar-refractivity contribution in [2.24, 2.45) is 0 Å². The summed E-state index contributed by atoms with van der Waals surface area (Å²) in [5.74, 6) is 0.531. The lowest BCUT2D eigenvalue weighted by molar-refractivity contribution is 0.730. The van der Waals surface area contributed by atoms with Crippen LogP contribution in [0.1, 0.15) is 5.82 Å². The van der Waals surface area contributed by atoms with E-state index in [1.807, 2.05) is 41.8 Å². The van der Waals surface area contributed by atoms with Gasteiger partial charge in [0.25, 0.3) is 5.56 Å². The summed E-state index contributed by atoms with van der Waals surface area (Å²) in [4.78, 5) is 17.7. The number of aromatic nitrogens is 2. The first-order valence-corrected chi connectivity index (χ1v) is 7.67. The lowest BCUT2D eigenvalue weighted by atomic mass is 10.1. The van der Waals surface area contributed by atoms with Crippen LogP contribution in [0.3, 0.4) is 0 Å². The number of hydrogen-bond donors (Lipinski definition) is 0. The monoisotopic (exact) mass is 315 g/mol. The third-order valence-corrected chi connectivity index (χ3v) is 4.32. The second-order valence-corrected chi connectivity index (χ2v) is 5.53. The molecular weight excluding hydrogens is 306 g/mol. The number of hydrogen-bond acceptors (Lipinski definition) is 4. The number of fused-ring (bicyclic) bond motifs is 1. The molecule has 0 spiro atoms. The van der Waals surface area contributed by atoms with Gasteiger partial charge in [0.2, 0.25) is 0 Å². The second kappa shape index (κ2) is 5.68. The Balaban J connectivity index is 2.34. The summed E-state index contributed by atoms with van der Waals surface area (Å²) in [6.45, 7) is -0.0477. The number of alkyl halides is 1. The van der Waals surface area contributed by atoms with Gasteiger partial charge in [-0.25, -0.2) is 4.98 Å². The summed E-state index contributed by atoms with van der Waals surface area (Å²) in [7, 11) is 0. The zero-order valence-corrected chi connectivity index (χ0v) is 12.5. The molecule has 0 saturated heterocycles. The van der Waals surface area contributed by atoms with Crippen LogP contribution >= 0.6 is 22.9 Å². The molecule has 0 unspecified atom stereocenters. The maximum absolute atomic E-state index is 12.7. The third-order valence-electron chi connectivity index (χ3n) is 3.21. The minimum atomic E-state index is -0.211. The lowest BCUT2D eigenvalue weighted by Gasteiger charge is -2.07. The lowest BCUT2D eigenvalue weighted by Crippen LogP contribution is -2.24. The first-order valence-electron chi connectivity index (χ1n) is 6.25. The van der Waals surface area contributed by atoms with Gasteiger partial charge in [0.1, 0.15) is 17.2 Å². The number of thiophene rings is 1. The molecule has 21 heavy (non-hydrogen) atoms. The number of halogens is 1. The third kappa shape index (κ3) is 2.33. The molecular formula is C15H10ClN3OS. The van der Waals surface area contributed by atoms with Crippen molar-refractivity contribution in [3.05, 3.63) is 51.9 Å². The van der Waals surface area contributed by atoms with Crippen molar-refractivity contribution in [3.63, 3.8) is 0 Å². The second-order valence-electron chi connectivity index (χ2n) is 4.41. The Labute approximate surface area is 129 Å². The van der Waals surface area contributed by atoms with Crippen LogP contribution in [0.15, 0.2) is 40.5 Å². The first kappa shape index (κ1) is 13.8. The smallest absolute Gasteiger partial charge is 0.263 e. The fourth-order valence-electron chi connectivity index (χ4n) is 2.23. The summed E-state index contributed by atoms with van der Waals surface area (Å²) >= 11 is 7.25. The van der Waals surface area contributed by atoms with E-state index in [-0.39, 0.29) is 18.0 Å². The normalized spacial score (nSPS) is 10.7. The van der Waals surface area contributed by atoms with Gasteiger partial charge >= 0.3 is 0 Å². The van der Waals surface area contributed by atoms with Gasteiger partial charge in [-0.3, -0.25) is 9.36 Å². The minimum Gasteiger partial charge on any atom is -0.281 e. The Morgan fingerprint density at radius 1 is 1.33 bits per heavy atom. The van der Waals surface area contributed by atoms with Gasteiger partial charge in [-0.1, -0.05) is 30.3 Å². The van der Waals surface area contributed by atoms with Crippen molar-refractivity contribution in [2.45, 2.75) is 12.4 Å². The van der Waals surface area contributed by atoms with E-state index in [0.29, 0.717) is 16.0 Å². The summed E-state index contributed by atoms with van der Waals surface area (Å²) in [6, 6.07) is 11.7. The van der Waals surface area contributed by atoms with Crippen LogP contribution < -0.4 is 5.56 Å². The highest BCUT2D eigenvalue weighted by Crippen LogP contribution is 2.30. The zero-order chi connectivity index (χ0) is 14.8. The predicted octanol–water partition coefficient (Wildman–Crippen LogP) is 3.39. The Hall–Kier alpha value is -2.16. The van der Waals surface area contributed by atoms with Crippen LogP contribution in [-0.2, 0) is 12.4 Å². The van der Waals surface area contributed by atoms with E-state index >= 15 is 0 Å². The highest BCUT2D eigenvalue weighted by atomic mass is 35.5. The van der Waals surface area contributed by atoms with Crippen LogP contribution in [0.2, 0.25) is 0 Å². The summed E-state index contributed by atoms with van der Waals surface area (Å²) in [6.07, 6.45) is 0. The van der Waals surface area contributed by atoms with Gasteiger partial charge in [-0.05, 0) is 5.56 Å². The molecule has 104 valence electrons. The molecule has 0 saturated carbocycles. The Bertz CT molecular complexity index is 893.